The molecule has 0 fully saturated rings. The van der Waals surface area contributed by atoms with Crippen LogP contribution in [0.1, 0.15) is 11.1 Å². The van der Waals surface area contributed by atoms with Crippen LogP contribution in [0.15, 0.2) is 48.5 Å². The number of hydrogen-bond acceptors (Lipinski definition) is 2. The predicted molar refractivity (Wildman–Crippen MR) is 86.7 cm³/mol. The normalized spacial score (nSPS) is 11.8. The van der Waals surface area contributed by atoms with Gasteiger partial charge in [0.1, 0.15) is 18.1 Å². The van der Waals surface area contributed by atoms with Crippen molar-refractivity contribution in [2.75, 3.05) is 20.7 Å². The highest BCUT2D eigenvalue weighted by molar-refractivity contribution is 5.76. The first-order chi connectivity index (χ1) is 11.1. The van der Waals surface area contributed by atoms with E-state index < -0.39 is 0 Å². The van der Waals surface area contributed by atoms with Gasteiger partial charge in [0.25, 0.3) is 5.91 Å². The van der Waals surface area contributed by atoms with Crippen molar-refractivity contribution in [2.45, 2.75) is 13.1 Å². The Labute approximate surface area is 135 Å². The van der Waals surface area contributed by atoms with E-state index in [0.717, 1.165) is 21.8 Å². The number of carbonyl (C=O) groups is 1. The molecule has 0 bridgehead atoms. The second-order valence-corrected chi connectivity index (χ2v) is 5.53. The SMILES string of the molecule is COc1ccccc1CNC(=O)C[NH+](C)Cc1ccc(F)cc1. The van der Waals surface area contributed by atoms with E-state index in [9.17, 15) is 9.18 Å². The van der Waals surface area contributed by atoms with Gasteiger partial charge in [-0.2, -0.15) is 0 Å². The molecule has 2 aromatic carbocycles. The van der Waals surface area contributed by atoms with Crippen molar-refractivity contribution < 1.29 is 18.8 Å². The molecule has 2 rings (SSSR count). The van der Waals surface area contributed by atoms with E-state index in [1.165, 1.54) is 12.1 Å². The van der Waals surface area contributed by atoms with Crippen LogP contribution >= 0.6 is 0 Å². The van der Waals surface area contributed by atoms with E-state index in [2.05, 4.69) is 5.32 Å². The average Bonchev–Trinajstić information content (AvgIpc) is 2.55. The predicted octanol–water partition coefficient (Wildman–Crippen LogP) is 1.17. The van der Waals surface area contributed by atoms with Crippen molar-refractivity contribution in [3.05, 3.63) is 65.5 Å². The van der Waals surface area contributed by atoms with Crippen LogP contribution < -0.4 is 15.0 Å². The van der Waals surface area contributed by atoms with Crippen molar-refractivity contribution in [1.82, 2.24) is 5.32 Å². The van der Waals surface area contributed by atoms with E-state index in [4.69, 9.17) is 4.74 Å². The molecule has 0 saturated heterocycles. The zero-order valence-corrected chi connectivity index (χ0v) is 13.4. The minimum absolute atomic E-state index is 0.0319. The standard InChI is InChI=1S/C18H21FN2O2/c1-21(12-14-7-9-16(19)10-8-14)13-18(22)20-11-15-5-3-4-6-17(15)23-2/h3-10H,11-13H2,1-2H3,(H,20,22)/p+1. The Hall–Kier alpha value is -2.40. The van der Waals surface area contributed by atoms with Gasteiger partial charge in [-0.3, -0.25) is 4.79 Å². The second kappa shape index (κ2) is 8.29. The fourth-order valence-electron chi connectivity index (χ4n) is 2.39. The van der Waals surface area contributed by atoms with Crippen LogP contribution in [-0.4, -0.2) is 26.6 Å². The third-order valence-corrected chi connectivity index (χ3v) is 3.55. The van der Waals surface area contributed by atoms with Crippen molar-refractivity contribution in [2.24, 2.45) is 0 Å². The minimum Gasteiger partial charge on any atom is -0.496 e. The van der Waals surface area contributed by atoms with Crippen LogP contribution in [-0.2, 0) is 17.9 Å². The molecule has 122 valence electrons. The van der Waals surface area contributed by atoms with Gasteiger partial charge < -0.3 is 15.0 Å². The molecule has 0 spiro atoms. The summed E-state index contributed by atoms with van der Waals surface area (Å²) in [7, 11) is 3.55. The molecule has 2 N–H and O–H groups in total. The summed E-state index contributed by atoms with van der Waals surface area (Å²) in [5, 5.41) is 2.90. The Bertz CT molecular complexity index is 644. The summed E-state index contributed by atoms with van der Waals surface area (Å²) in [5.41, 5.74) is 1.95. The largest absolute Gasteiger partial charge is 0.496 e. The van der Waals surface area contributed by atoms with Gasteiger partial charge in [0.15, 0.2) is 6.54 Å². The molecule has 23 heavy (non-hydrogen) atoms. The van der Waals surface area contributed by atoms with E-state index >= 15 is 0 Å². The molecule has 0 aliphatic heterocycles. The summed E-state index contributed by atoms with van der Waals surface area (Å²) >= 11 is 0. The van der Waals surface area contributed by atoms with Crippen LogP contribution in [0.5, 0.6) is 5.75 Å². The highest BCUT2D eigenvalue weighted by Gasteiger charge is 2.11. The number of hydrogen-bond donors (Lipinski definition) is 2. The highest BCUT2D eigenvalue weighted by Crippen LogP contribution is 2.16. The smallest absolute Gasteiger partial charge is 0.275 e. The van der Waals surface area contributed by atoms with Gasteiger partial charge in [0.05, 0.1) is 14.2 Å². The Morgan fingerprint density at radius 1 is 1.17 bits per heavy atom. The highest BCUT2D eigenvalue weighted by atomic mass is 19.1. The number of quaternary nitrogens is 1. The van der Waals surface area contributed by atoms with Crippen molar-refractivity contribution in [3.63, 3.8) is 0 Å². The lowest BCUT2D eigenvalue weighted by Gasteiger charge is -2.14. The van der Waals surface area contributed by atoms with Gasteiger partial charge >= 0.3 is 0 Å². The molecular weight excluding hydrogens is 295 g/mol. The zero-order valence-electron chi connectivity index (χ0n) is 13.4. The first kappa shape index (κ1) is 17.0. The van der Waals surface area contributed by atoms with Crippen LogP contribution in [0.2, 0.25) is 0 Å². The number of amides is 1. The quantitative estimate of drug-likeness (QED) is 0.805. The Morgan fingerprint density at radius 2 is 1.87 bits per heavy atom. The molecule has 0 aliphatic rings. The lowest BCUT2D eigenvalue weighted by Crippen LogP contribution is -3.08. The number of likely N-dealkylation sites (N-methyl/N-ethyl adjacent to an activating group) is 1. The summed E-state index contributed by atoms with van der Waals surface area (Å²) in [6.45, 7) is 1.46. The van der Waals surface area contributed by atoms with Gasteiger partial charge in [0.2, 0.25) is 0 Å². The summed E-state index contributed by atoms with van der Waals surface area (Å²) in [4.78, 5) is 13.1. The Balaban J connectivity index is 1.81. The molecule has 4 nitrogen and oxygen atoms in total. The maximum absolute atomic E-state index is 12.9. The lowest BCUT2D eigenvalue weighted by atomic mass is 10.2. The first-order valence-corrected chi connectivity index (χ1v) is 7.53. The molecule has 0 radical (unpaired) electrons. The lowest BCUT2D eigenvalue weighted by molar-refractivity contribution is -0.885. The number of halogens is 1. The summed E-state index contributed by atoms with van der Waals surface area (Å²) in [5.74, 6) is 0.483. The molecule has 0 aliphatic carbocycles. The van der Waals surface area contributed by atoms with Crippen molar-refractivity contribution in [3.8, 4) is 5.75 Å². The summed E-state index contributed by atoms with van der Waals surface area (Å²) in [6.07, 6.45) is 0. The summed E-state index contributed by atoms with van der Waals surface area (Å²) in [6, 6.07) is 14.0. The second-order valence-electron chi connectivity index (χ2n) is 5.53. The number of para-hydroxylation sites is 1. The zero-order chi connectivity index (χ0) is 16.7. The fourth-order valence-corrected chi connectivity index (χ4v) is 2.39. The van der Waals surface area contributed by atoms with E-state index in [1.807, 2.05) is 31.3 Å². The number of nitrogens with one attached hydrogen (secondary N) is 2. The molecular formula is C18H22FN2O2+. The van der Waals surface area contributed by atoms with Gasteiger partial charge in [-0.1, -0.05) is 30.3 Å². The summed E-state index contributed by atoms with van der Waals surface area (Å²) < 4.78 is 18.1. The van der Waals surface area contributed by atoms with Crippen LogP contribution in [0, 0.1) is 5.82 Å². The van der Waals surface area contributed by atoms with E-state index in [-0.39, 0.29) is 11.7 Å². The van der Waals surface area contributed by atoms with E-state index in [1.54, 1.807) is 19.2 Å². The number of methoxy groups -OCH3 is 1. The van der Waals surface area contributed by atoms with Gasteiger partial charge in [-0.05, 0) is 18.2 Å². The van der Waals surface area contributed by atoms with Gasteiger partial charge in [-0.15, -0.1) is 0 Å². The molecule has 1 amide bonds. The number of rotatable bonds is 7. The Morgan fingerprint density at radius 3 is 2.57 bits per heavy atom. The maximum Gasteiger partial charge on any atom is 0.275 e. The third-order valence-electron chi connectivity index (χ3n) is 3.55. The maximum atomic E-state index is 12.9. The first-order valence-electron chi connectivity index (χ1n) is 7.53. The monoisotopic (exact) mass is 317 g/mol. The number of ether oxygens (including phenoxy) is 1. The molecule has 0 saturated carbocycles. The Kier molecular flexibility index (Phi) is 6.11. The fraction of sp³-hybridized carbons (Fsp3) is 0.278. The molecule has 2 aromatic rings. The topological polar surface area (TPSA) is 42.8 Å². The van der Waals surface area contributed by atoms with Gasteiger partial charge in [-0.25, -0.2) is 4.39 Å². The van der Waals surface area contributed by atoms with Crippen LogP contribution in [0.25, 0.3) is 0 Å². The van der Waals surface area contributed by atoms with E-state index in [0.29, 0.717) is 19.6 Å². The molecule has 0 aromatic heterocycles. The molecule has 5 heteroatoms. The van der Waals surface area contributed by atoms with Gasteiger partial charge in [0, 0.05) is 17.7 Å². The molecule has 1 unspecified atom stereocenters. The van der Waals surface area contributed by atoms with Crippen molar-refractivity contribution >= 4 is 5.91 Å². The molecule has 1 atom stereocenters. The van der Waals surface area contributed by atoms with Crippen LogP contribution in [0.4, 0.5) is 4.39 Å². The number of benzene rings is 2. The van der Waals surface area contributed by atoms with Crippen LogP contribution in [0.3, 0.4) is 0 Å². The number of carbonyl (C=O) groups excluding carboxylic acids is 1. The van der Waals surface area contributed by atoms with Crippen molar-refractivity contribution in [1.29, 1.82) is 0 Å². The minimum atomic E-state index is -0.249. The average molecular weight is 317 g/mol. The third kappa shape index (κ3) is 5.38. The molecule has 0 heterocycles.